The van der Waals surface area contributed by atoms with Crippen molar-refractivity contribution < 1.29 is 23.9 Å². The third-order valence-corrected chi connectivity index (χ3v) is 7.38. The number of nitrogens with one attached hydrogen (secondary N) is 2. The largest absolute Gasteiger partial charge is 0.393 e. The van der Waals surface area contributed by atoms with E-state index in [1.54, 1.807) is 29.2 Å². The number of nitrogens with zero attached hydrogens (tertiary/aromatic N) is 4. The van der Waals surface area contributed by atoms with Crippen LogP contribution in [-0.4, -0.2) is 60.8 Å². The number of rotatable bonds is 10. The Balaban J connectivity index is 1.33. The van der Waals surface area contributed by atoms with Crippen molar-refractivity contribution in [2.75, 3.05) is 11.9 Å². The van der Waals surface area contributed by atoms with Crippen LogP contribution in [0, 0.1) is 5.82 Å². The van der Waals surface area contributed by atoms with Crippen LogP contribution in [0.15, 0.2) is 61.3 Å². The molecule has 0 bridgehead atoms. The Morgan fingerprint density at radius 2 is 1.90 bits per heavy atom. The SMILES string of the molecule is CC(=O)c1cn(CC(=O)N(CC(=O)NCc2cccc(Cl)c2F)[C@H]2C[C@H](O)C2)c2ccc(Nc3cncnc3)cc12. The van der Waals surface area contributed by atoms with Crippen LogP contribution in [-0.2, 0) is 22.7 Å². The molecule has 0 atom stereocenters. The predicted molar refractivity (Wildman–Crippen MR) is 151 cm³/mol. The van der Waals surface area contributed by atoms with E-state index >= 15 is 0 Å². The number of hydrogen-bond acceptors (Lipinski definition) is 7. The molecular weight excluding hydrogens is 551 g/mol. The maximum Gasteiger partial charge on any atom is 0.243 e. The Hall–Kier alpha value is -4.35. The van der Waals surface area contributed by atoms with Crippen LogP contribution in [0.2, 0.25) is 5.02 Å². The first-order valence-electron chi connectivity index (χ1n) is 13.0. The van der Waals surface area contributed by atoms with E-state index < -0.39 is 17.8 Å². The summed E-state index contributed by atoms with van der Waals surface area (Å²) in [4.78, 5) is 48.2. The summed E-state index contributed by atoms with van der Waals surface area (Å²) in [6, 6.07) is 9.66. The Morgan fingerprint density at radius 3 is 2.61 bits per heavy atom. The summed E-state index contributed by atoms with van der Waals surface area (Å²) >= 11 is 5.83. The maximum atomic E-state index is 14.2. The Bertz CT molecular complexity index is 1610. The molecule has 2 aromatic carbocycles. The van der Waals surface area contributed by atoms with E-state index in [1.165, 1.54) is 30.3 Å². The van der Waals surface area contributed by atoms with Crippen LogP contribution in [0.25, 0.3) is 10.9 Å². The molecule has 0 aliphatic heterocycles. The van der Waals surface area contributed by atoms with Gasteiger partial charge in [-0.2, -0.15) is 0 Å². The lowest BCUT2D eigenvalue weighted by Crippen LogP contribution is -2.53. The molecule has 0 radical (unpaired) electrons. The van der Waals surface area contributed by atoms with Gasteiger partial charge in [-0.1, -0.05) is 23.7 Å². The minimum atomic E-state index is -0.610. The van der Waals surface area contributed by atoms with Crippen molar-refractivity contribution in [3.05, 3.63) is 83.3 Å². The lowest BCUT2D eigenvalue weighted by Gasteiger charge is -2.40. The van der Waals surface area contributed by atoms with Crippen LogP contribution in [0.1, 0.15) is 35.7 Å². The van der Waals surface area contributed by atoms with Crippen molar-refractivity contribution in [2.45, 2.75) is 45.0 Å². The van der Waals surface area contributed by atoms with E-state index in [-0.39, 0.29) is 48.0 Å². The molecule has 3 N–H and O–H groups in total. The molecule has 0 saturated heterocycles. The van der Waals surface area contributed by atoms with E-state index in [0.29, 0.717) is 35.0 Å². The highest BCUT2D eigenvalue weighted by molar-refractivity contribution is 6.30. The number of amides is 2. The van der Waals surface area contributed by atoms with E-state index in [0.717, 1.165) is 5.69 Å². The third-order valence-electron chi connectivity index (χ3n) is 7.09. The van der Waals surface area contributed by atoms with E-state index in [2.05, 4.69) is 20.6 Å². The zero-order chi connectivity index (χ0) is 29.1. The number of halogens is 2. The van der Waals surface area contributed by atoms with Gasteiger partial charge in [0.05, 0.1) is 35.8 Å². The van der Waals surface area contributed by atoms with Gasteiger partial charge in [-0.25, -0.2) is 14.4 Å². The molecule has 10 nitrogen and oxygen atoms in total. The summed E-state index contributed by atoms with van der Waals surface area (Å²) < 4.78 is 15.9. The number of fused-ring (bicyclic) bond motifs is 1. The summed E-state index contributed by atoms with van der Waals surface area (Å²) in [5.74, 6) is -1.59. The number of aliphatic hydroxyl groups excluding tert-OH is 1. The Morgan fingerprint density at radius 1 is 1.15 bits per heavy atom. The van der Waals surface area contributed by atoms with Gasteiger partial charge < -0.3 is 25.2 Å². The van der Waals surface area contributed by atoms with Gasteiger partial charge in [0.25, 0.3) is 0 Å². The second kappa shape index (κ2) is 12.0. The smallest absolute Gasteiger partial charge is 0.243 e. The van der Waals surface area contributed by atoms with Gasteiger partial charge in [0.1, 0.15) is 18.7 Å². The van der Waals surface area contributed by atoms with Gasteiger partial charge in [0.15, 0.2) is 5.78 Å². The third kappa shape index (κ3) is 6.36. The molecule has 5 rings (SSSR count). The van der Waals surface area contributed by atoms with Gasteiger partial charge >= 0.3 is 0 Å². The molecule has 4 aromatic rings. The number of carbonyl (C=O) groups is 3. The van der Waals surface area contributed by atoms with Crippen molar-refractivity contribution in [2.24, 2.45) is 0 Å². The van der Waals surface area contributed by atoms with Gasteiger partial charge in [-0.3, -0.25) is 14.4 Å². The average molecular weight is 579 g/mol. The fourth-order valence-electron chi connectivity index (χ4n) is 4.88. The van der Waals surface area contributed by atoms with Crippen LogP contribution in [0.3, 0.4) is 0 Å². The van der Waals surface area contributed by atoms with Crippen LogP contribution in [0.5, 0.6) is 0 Å². The minimum Gasteiger partial charge on any atom is -0.393 e. The van der Waals surface area contributed by atoms with E-state index in [4.69, 9.17) is 11.6 Å². The molecule has 0 unspecified atom stereocenters. The summed E-state index contributed by atoms with van der Waals surface area (Å²) in [5, 5.41) is 16.3. The first-order valence-corrected chi connectivity index (χ1v) is 13.4. The summed E-state index contributed by atoms with van der Waals surface area (Å²) in [7, 11) is 0. The fourth-order valence-corrected chi connectivity index (χ4v) is 5.07. The Labute approximate surface area is 240 Å². The number of ketones is 1. The molecule has 1 aliphatic rings. The minimum absolute atomic E-state index is 0.0436. The molecule has 41 heavy (non-hydrogen) atoms. The van der Waals surface area contributed by atoms with E-state index in [9.17, 15) is 23.9 Å². The van der Waals surface area contributed by atoms with E-state index in [1.807, 2.05) is 18.2 Å². The highest BCUT2D eigenvalue weighted by Gasteiger charge is 2.36. The summed E-state index contributed by atoms with van der Waals surface area (Å²) in [6.45, 7) is 0.994. The monoisotopic (exact) mass is 578 g/mol. The first kappa shape index (κ1) is 28.2. The van der Waals surface area contributed by atoms with Crippen LogP contribution in [0.4, 0.5) is 15.8 Å². The molecule has 1 aliphatic carbocycles. The lowest BCUT2D eigenvalue weighted by atomic mass is 9.88. The molecule has 1 saturated carbocycles. The quantitative estimate of drug-likeness (QED) is 0.244. The van der Waals surface area contributed by atoms with Crippen molar-refractivity contribution in [3.63, 3.8) is 0 Å². The normalized spacial score (nSPS) is 16.2. The number of hydrogen-bond donors (Lipinski definition) is 3. The number of aromatic nitrogens is 3. The topological polar surface area (TPSA) is 129 Å². The van der Waals surface area contributed by atoms with Gasteiger partial charge in [-0.15, -0.1) is 0 Å². The molecule has 212 valence electrons. The van der Waals surface area contributed by atoms with Gasteiger partial charge in [-0.05, 0) is 44.0 Å². The average Bonchev–Trinajstić information content (AvgIpc) is 3.29. The van der Waals surface area contributed by atoms with Crippen molar-refractivity contribution in [1.82, 2.24) is 24.8 Å². The summed E-state index contributed by atoms with van der Waals surface area (Å²) in [6.07, 6.45) is 6.47. The maximum absolute atomic E-state index is 14.2. The number of aliphatic hydroxyl groups is 1. The second-order valence-electron chi connectivity index (χ2n) is 10.0. The highest BCUT2D eigenvalue weighted by Crippen LogP contribution is 2.29. The first-order chi connectivity index (χ1) is 19.7. The number of anilines is 2. The lowest BCUT2D eigenvalue weighted by molar-refractivity contribution is -0.143. The van der Waals surface area contributed by atoms with Crippen LogP contribution < -0.4 is 10.6 Å². The van der Waals surface area contributed by atoms with Gasteiger partial charge in [0.2, 0.25) is 11.8 Å². The molecule has 1 fully saturated rings. The van der Waals surface area contributed by atoms with Crippen molar-refractivity contribution in [3.8, 4) is 0 Å². The standard InChI is InChI=1S/C29H28ClFN6O4/c1-17(38)24-13-36(26-6-5-19(7-23(24)26)35-20-11-32-16-33-12-20)15-28(41)37(21-8-22(39)9-21)14-27(40)34-10-18-3-2-4-25(30)29(18)31/h2-7,11-13,16,21-22,35,39H,8-10,14-15H2,1H3,(H,34,40)/t21-,22-. The van der Waals surface area contributed by atoms with Crippen LogP contribution >= 0.6 is 11.6 Å². The fraction of sp³-hybridized carbons (Fsp3) is 0.276. The highest BCUT2D eigenvalue weighted by atomic mass is 35.5. The zero-order valence-electron chi connectivity index (χ0n) is 22.2. The van der Waals surface area contributed by atoms with Gasteiger partial charge in [0, 0.05) is 46.5 Å². The zero-order valence-corrected chi connectivity index (χ0v) is 22.9. The molecule has 2 aromatic heterocycles. The number of carbonyl (C=O) groups excluding carboxylic acids is 3. The molecular formula is C29H28ClFN6O4. The Kier molecular flexibility index (Phi) is 8.27. The van der Waals surface area contributed by atoms with Crippen molar-refractivity contribution >= 4 is 51.5 Å². The molecule has 12 heteroatoms. The number of Topliss-reactive ketones (excluding diaryl/α,β-unsaturated/α-hetero) is 1. The van der Waals surface area contributed by atoms with Crippen molar-refractivity contribution in [1.29, 1.82) is 0 Å². The number of benzene rings is 2. The summed E-state index contributed by atoms with van der Waals surface area (Å²) in [5.41, 5.74) is 2.75. The second-order valence-corrected chi connectivity index (χ2v) is 10.4. The molecule has 0 spiro atoms. The molecule has 2 heterocycles. The molecule has 2 amide bonds. The predicted octanol–water partition coefficient (Wildman–Crippen LogP) is 3.84.